The Labute approximate surface area is 142 Å². The first-order chi connectivity index (χ1) is 9.95. The van der Waals surface area contributed by atoms with Crippen molar-refractivity contribution < 1.29 is 52.2 Å². The SMILES string of the molecule is O.O.O.O.Oc1cc(O)c2c(c1)OC(c1ccc(O)c(O)c1)C(O)C2. The fourth-order valence-electron chi connectivity index (χ4n) is 2.47. The van der Waals surface area contributed by atoms with Gasteiger partial charge in [0.2, 0.25) is 0 Å². The van der Waals surface area contributed by atoms with Crippen LogP contribution in [0.1, 0.15) is 17.2 Å². The van der Waals surface area contributed by atoms with E-state index in [0.717, 1.165) is 0 Å². The number of phenolic OH excluding ortho intramolecular Hbond substituents is 4. The molecule has 1 heterocycles. The summed E-state index contributed by atoms with van der Waals surface area (Å²) in [7, 11) is 0. The molecule has 0 spiro atoms. The molecule has 0 saturated heterocycles. The Morgan fingerprint density at radius 3 is 2.04 bits per heavy atom. The average molecular weight is 362 g/mol. The molecule has 0 bridgehead atoms. The van der Waals surface area contributed by atoms with Crippen LogP contribution >= 0.6 is 0 Å². The minimum atomic E-state index is -0.933. The van der Waals surface area contributed by atoms with Crippen LogP contribution in [-0.4, -0.2) is 53.5 Å². The summed E-state index contributed by atoms with van der Waals surface area (Å²) in [6.07, 6.45) is -1.56. The van der Waals surface area contributed by atoms with Gasteiger partial charge in [-0.25, -0.2) is 0 Å². The number of rotatable bonds is 1. The fourth-order valence-corrected chi connectivity index (χ4v) is 2.47. The molecule has 1 aliphatic rings. The van der Waals surface area contributed by atoms with E-state index in [1.807, 2.05) is 0 Å². The summed E-state index contributed by atoms with van der Waals surface area (Å²) in [5, 5.41) is 48.3. The molecule has 0 aromatic heterocycles. The summed E-state index contributed by atoms with van der Waals surface area (Å²) in [6.45, 7) is 0. The maximum Gasteiger partial charge on any atom is 0.157 e. The van der Waals surface area contributed by atoms with Gasteiger partial charge in [-0.15, -0.1) is 0 Å². The van der Waals surface area contributed by atoms with E-state index in [2.05, 4.69) is 0 Å². The van der Waals surface area contributed by atoms with Gasteiger partial charge in [0.15, 0.2) is 11.5 Å². The molecule has 0 aliphatic carbocycles. The van der Waals surface area contributed by atoms with Crippen LogP contribution in [-0.2, 0) is 6.42 Å². The molecule has 2 atom stereocenters. The first-order valence-corrected chi connectivity index (χ1v) is 6.37. The van der Waals surface area contributed by atoms with Crippen LogP contribution in [0.25, 0.3) is 0 Å². The number of aliphatic hydroxyl groups excluding tert-OH is 1. The van der Waals surface area contributed by atoms with Crippen molar-refractivity contribution >= 4 is 0 Å². The molecule has 142 valence electrons. The van der Waals surface area contributed by atoms with E-state index in [1.165, 1.54) is 30.3 Å². The van der Waals surface area contributed by atoms with Crippen LogP contribution in [0.3, 0.4) is 0 Å². The number of aliphatic hydroxyl groups is 1. The number of phenols is 4. The highest BCUT2D eigenvalue weighted by Crippen LogP contribution is 2.42. The lowest BCUT2D eigenvalue weighted by Crippen LogP contribution is -2.30. The van der Waals surface area contributed by atoms with Gasteiger partial charge in [0.05, 0.1) is 6.10 Å². The third-order valence-electron chi connectivity index (χ3n) is 3.51. The Morgan fingerprint density at radius 2 is 1.44 bits per heavy atom. The third kappa shape index (κ3) is 4.41. The summed E-state index contributed by atoms with van der Waals surface area (Å²) >= 11 is 0. The minimum Gasteiger partial charge on any atom is -0.508 e. The van der Waals surface area contributed by atoms with Gasteiger partial charge in [0, 0.05) is 24.1 Å². The van der Waals surface area contributed by atoms with Gasteiger partial charge < -0.3 is 52.2 Å². The third-order valence-corrected chi connectivity index (χ3v) is 3.51. The van der Waals surface area contributed by atoms with Crippen molar-refractivity contribution in [3.63, 3.8) is 0 Å². The second-order valence-electron chi connectivity index (χ2n) is 5.00. The van der Waals surface area contributed by atoms with Gasteiger partial charge in [-0.1, -0.05) is 6.07 Å². The first-order valence-electron chi connectivity index (χ1n) is 6.37. The number of hydrogen-bond acceptors (Lipinski definition) is 6. The summed E-state index contributed by atoms with van der Waals surface area (Å²) in [5.74, 6) is -0.589. The molecule has 2 aromatic carbocycles. The van der Waals surface area contributed by atoms with Crippen molar-refractivity contribution in [2.45, 2.75) is 18.6 Å². The van der Waals surface area contributed by atoms with E-state index < -0.39 is 12.2 Å². The van der Waals surface area contributed by atoms with Crippen molar-refractivity contribution in [3.05, 3.63) is 41.5 Å². The zero-order chi connectivity index (χ0) is 15.1. The van der Waals surface area contributed by atoms with E-state index in [9.17, 15) is 25.5 Å². The largest absolute Gasteiger partial charge is 0.508 e. The van der Waals surface area contributed by atoms with Gasteiger partial charge in [0.25, 0.3) is 0 Å². The quantitative estimate of drug-likeness (QED) is 0.368. The Morgan fingerprint density at radius 1 is 0.800 bits per heavy atom. The van der Waals surface area contributed by atoms with Crippen molar-refractivity contribution in [2.24, 2.45) is 0 Å². The molecule has 0 saturated carbocycles. The molecule has 2 unspecified atom stereocenters. The van der Waals surface area contributed by atoms with Gasteiger partial charge >= 0.3 is 0 Å². The van der Waals surface area contributed by atoms with Crippen LogP contribution < -0.4 is 4.74 Å². The standard InChI is InChI=1S/C15H14O6.4H2O/c16-8-4-11(18)9-6-13(20)15(21-14(9)5-8)7-1-2-10(17)12(19)3-7;;;;/h1-5,13,15-20H,6H2;4*1H2. The topological polar surface area (TPSA) is 236 Å². The molecule has 3 rings (SSSR count). The Balaban J connectivity index is 0. The first kappa shape index (κ1) is 24.5. The van der Waals surface area contributed by atoms with Crippen LogP contribution in [0.4, 0.5) is 0 Å². The monoisotopic (exact) mass is 362 g/mol. The molecule has 1 aliphatic heterocycles. The van der Waals surface area contributed by atoms with Crippen LogP contribution in [0.5, 0.6) is 28.7 Å². The zero-order valence-corrected chi connectivity index (χ0v) is 12.9. The predicted octanol–water partition coefficient (Wildman–Crippen LogP) is -1.75. The Bertz CT molecular complexity index is 703. The number of fused-ring (bicyclic) bond motifs is 1. The molecule has 10 heteroatoms. The number of benzene rings is 2. The van der Waals surface area contributed by atoms with Crippen molar-refractivity contribution in [2.75, 3.05) is 0 Å². The van der Waals surface area contributed by atoms with E-state index in [-0.39, 0.29) is 57.1 Å². The molecule has 25 heavy (non-hydrogen) atoms. The van der Waals surface area contributed by atoms with Gasteiger partial charge in [0.1, 0.15) is 23.4 Å². The maximum atomic E-state index is 10.2. The molecule has 0 amide bonds. The second-order valence-corrected chi connectivity index (χ2v) is 5.00. The summed E-state index contributed by atoms with van der Waals surface area (Å²) in [4.78, 5) is 0. The van der Waals surface area contributed by atoms with Crippen molar-refractivity contribution in [3.8, 4) is 28.7 Å². The summed E-state index contributed by atoms with van der Waals surface area (Å²) < 4.78 is 5.62. The Kier molecular flexibility index (Phi) is 8.73. The number of ether oxygens (including phenoxy) is 1. The second kappa shape index (κ2) is 8.92. The maximum absolute atomic E-state index is 10.2. The molecular weight excluding hydrogens is 340 g/mol. The Hall–Kier alpha value is -2.76. The fraction of sp³-hybridized carbons (Fsp3) is 0.200. The lowest BCUT2D eigenvalue weighted by molar-refractivity contribution is 0.0197. The van der Waals surface area contributed by atoms with Gasteiger partial charge in [-0.3, -0.25) is 0 Å². The van der Waals surface area contributed by atoms with Crippen LogP contribution in [0.15, 0.2) is 30.3 Å². The molecule has 0 fully saturated rings. The highest BCUT2D eigenvalue weighted by atomic mass is 16.5. The van der Waals surface area contributed by atoms with E-state index in [1.54, 1.807) is 0 Å². The normalized spacial score (nSPS) is 17.3. The highest BCUT2D eigenvalue weighted by molar-refractivity contribution is 5.52. The van der Waals surface area contributed by atoms with Crippen LogP contribution in [0.2, 0.25) is 0 Å². The van der Waals surface area contributed by atoms with Crippen LogP contribution in [0, 0.1) is 0 Å². The van der Waals surface area contributed by atoms with Gasteiger partial charge in [-0.05, 0) is 17.7 Å². The predicted molar refractivity (Wildman–Crippen MR) is 87.1 cm³/mol. The van der Waals surface area contributed by atoms with E-state index in [4.69, 9.17) is 4.74 Å². The van der Waals surface area contributed by atoms with E-state index in [0.29, 0.717) is 11.1 Å². The average Bonchev–Trinajstić information content (AvgIpc) is 2.42. The van der Waals surface area contributed by atoms with E-state index >= 15 is 0 Å². The molecule has 10 nitrogen and oxygen atoms in total. The lowest BCUT2D eigenvalue weighted by Gasteiger charge is -2.31. The minimum absolute atomic E-state index is 0. The summed E-state index contributed by atoms with van der Waals surface area (Å²) in [6, 6.07) is 6.67. The smallest absolute Gasteiger partial charge is 0.157 e. The van der Waals surface area contributed by atoms with Gasteiger partial charge in [-0.2, -0.15) is 0 Å². The molecule has 13 N–H and O–H groups in total. The lowest BCUT2D eigenvalue weighted by atomic mass is 9.94. The molecule has 0 radical (unpaired) electrons. The van der Waals surface area contributed by atoms with Crippen molar-refractivity contribution in [1.29, 1.82) is 0 Å². The number of hydrogen-bond donors (Lipinski definition) is 5. The van der Waals surface area contributed by atoms with Crippen molar-refractivity contribution in [1.82, 2.24) is 0 Å². The molecule has 2 aromatic rings. The molecular formula is C15H22O10. The highest BCUT2D eigenvalue weighted by Gasteiger charge is 2.32. The summed E-state index contributed by atoms with van der Waals surface area (Å²) in [5.41, 5.74) is 0.894. The zero-order valence-electron chi connectivity index (χ0n) is 12.9. The number of aromatic hydroxyl groups is 4.